The number of carboxylic acids is 1. The van der Waals surface area contributed by atoms with Crippen molar-refractivity contribution in [3.63, 3.8) is 0 Å². The Labute approximate surface area is 125 Å². The van der Waals surface area contributed by atoms with Crippen LogP contribution in [-0.4, -0.2) is 23.1 Å². The molecule has 0 aromatic heterocycles. The average molecular weight is 341 g/mol. The number of halogens is 1. The zero-order valence-electron chi connectivity index (χ0n) is 11.1. The van der Waals surface area contributed by atoms with Gasteiger partial charge in [0.1, 0.15) is 0 Å². The molecule has 2 rings (SSSR count). The Morgan fingerprint density at radius 1 is 1.45 bits per heavy atom. The molecule has 1 fully saturated rings. The quantitative estimate of drug-likeness (QED) is 0.770. The predicted molar refractivity (Wildman–Crippen MR) is 79.8 cm³/mol. The van der Waals surface area contributed by atoms with E-state index in [2.05, 4.69) is 26.6 Å². The molecule has 0 spiro atoms. The number of urea groups is 1. The van der Waals surface area contributed by atoms with Crippen molar-refractivity contribution in [3.8, 4) is 0 Å². The highest BCUT2D eigenvalue weighted by Crippen LogP contribution is 2.34. The van der Waals surface area contributed by atoms with Crippen LogP contribution in [0.15, 0.2) is 22.7 Å². The largest absolute Gasteiger partial charge is 0.481 e. The van der Waals surface area contributed by atoms with Gasteiger partial charge < -0.3 is 15.7 Å². The van der Waals surface area contributed by atoms with Crippen LogP contribution in [0, 0.1) is 12.8 Å². The number of rotatable bonds is 5. The van der Waals surface area contributed by atoms with E-state index in [0.29, 0.717) is 11.6 Å². The van der Waals surface area contributed by atoms with Gasteiger partial charge in [0.15, 0.2) is 0 Å². The van der Waals surface area contributed by atoms with Crippen molar-refractivity contribution in [2.45, 2.75) is 32.2 Å². The number of carbonyl (C=O) groups excluding carboxylic acids is 1. The molecule has 3 N–H and O–H groups in total. The number of aryl methyl sites for hydroxylation is 1. The highest BCUT2D eigenvalue weighted by Gasteiger charge is 2.33. The summed E-state index contributed by atoms with van der Waals surface area (Å²) in [5.41, 5.74) is 1.75. The van der Waals surface area contributed by atoms with Crippen LogP contribution < -0.4 is 10.6 Å². The van der Waals surface area contributed by atoms with Crippen molar-refractivity contribution in [1.29, 1.82) is 0 Å². The van der Waals surface area contributed by atoms with E-state index >= 15 is 0 Å². The second-order valence-corrected chi connectivity index (χ2v) is 5.98. The summed E-state index contributed by atoms with van der Waals surface area (Å²) in [6, 6.07) is 4.95. The van der Waals surface area contributed by atoms with E-state index in [1.165, 1.54) is 0 Å². The molecule has 5 nitrogen and oxygen atoms in total. The molecule has 0 radical (unpaired) electrons. The van der Waals surface area contributed by atoms with Crippen molar-refractivity contribution in [2.75, 3.05) is 5.32 Å². The summed E-state index contributed by atoms with van der Waals surface area (Å²) in [5.74, 6) is -0.600. The molecule has 1 saturated carbocycles. The Hall–Kier alpha value is -1.56. The lowest BCUT2D eigenvalue weighted by atomic mass is 10.1. The van der Waals surface area contributed by atoms with Gasteiger partial charge in [-0.25, -0.2) is 4.79 Å². The van der Waals surface area contributed by atoms with E-state index in [1.54, 1.807) is 0 Å². The van der Waals surface area contributed by atoms with E-state index < -0.39 is 5.97 Å². The topological polar surface area (TPSA) is 78.4 Å². The first-order chi connectivity index (χ1) is 9.45. The summed E-state index contributed by atoms with van der Waals surface area (Å²) < 4.78 is 0.800. The second kappa shape index (κ2) is 6.26. The second-order valence-electron chi connectivity index (χ2n) is 5.12. The van der Waals surface area contributed by atoms with Gasteiger partial charge in [0, 0.05) is 10.5 Å². The smallest absolute Gasteiger partial charge is 0.319 e. The lowest BCUT2D eigenvalue weighted by molar-refractivity contribution is -0.137. The number of hydrogen-bond acceptors (Lipinski definition) is 2. The maximum Gasteiger partial charge on any atom is 0.319 e. The fourth-order valence-electron chi connectivity index (χ4n) is 2.07. The Bertz CT molecular complexity index is 529. The van der Waals surface area contributed by atoms with Crippen molar-refractivity contribution in [2.24, 2.45) is 5.92 Å². The van der Waals surface area contributed by atoms with Gasteiger partial charge in [-0.1, -0.05) is 6.07 Å². The summed E-state index contributed by atoms with van der Waals surface area (Å²) in [5, 5.41) is 14.3. The highest BCUT2D eigenvalue weighted by molar-refractivity contribution is 9.10. The summed E-state index contributed by atoms with van der Waals surface area (Å²) >= 11 is 3.39. The normalized spacial score (nSPS) is 15.5. The summed E-state index contributed by atoms with van der Waals surface area (Å²) in [4.78, 5) is 22.7. The minimum absolute atomic E-state index is 0.0346. The minimum Gasteiger partial charge on any atom is -0.481 e. The number of amides is 2. The molecule has 0 heterocycles. The van der Waals surface area contributed by atoms with Crippen LogP contribution in [-0.2, 0) is 4.79 Å². The van der Waals surface area contributed by atoms with E-state index in [0.717, 1.165) is 22.9 Å². The Balaban J connectivity index is 1.95. The van der Waals surface area contributed by atoms with E-state index in [4.69, 9.17) is 5.11 Å². The molecular weight excluding hydrogens is 324 g/mol. The van der Waals surface area contributed by atoms with E-state index in [-0.39, 0.29) is 18.5 Å². The van der Waals surface area contributed by atoms with Crippen LogP contribution in [0.25, 0.3) is 0 Å². The Kier molecular flexibility index (Phi) is 4.65. The van der Waals surface area contributed by atoms with Gasteiger partial charge in [-0.15, -0.1) is 0 Å². The molecule has 1 atom stereocenters. The maximum atomic E-state index is 11.9. The molecule has 1 aliphatic rings. The van der Waals surface area contributed by atoms with Crippen LogP contribution in [0.2, 0.25) is 0 Å². The van der Waals surface area contributed by atoms with Crippen molar-refractivity contribution in [3.05, 3.63) is 28.2 Å². The number of hydrogen-bond donors (Lipinski definition) is 3. The van der Waals surface area contributed by atoms with Gasteiger partial charge in [-0.2, -0.15) is 0 Å². The first-order valence-corrected chi connectivity index (χ1v) is 7.30. The van der Waals surface area contributed by atoms with Crippen LogP contribution in [0.4, 0.5) is 10.5 Å². The van der Waals surface area contributed by atoms with Crippen LogP contribution in [0.3, 0.4) is 0 Å². The first-order valence-electron chi connectivity index (χ1n) is 6.51. The molecule has 6 heteroatoms. The summed E-state index contributed by atoms with van der Waals surface area (Å²) in [7, 11) is 0. The average Bonchev–Trinajstić information content (AvgIpc) is 3.15. The standard InChI is InChI=1S/C14H17BrN2O3/c1-8-2-5-11(10(15)6-8)16-14(20)17-12(7-13(18)19)9-3-4-9/h2,5-6,9,12H,3-4,7H2,1H3,(H,18,19)(H2,16,17,20). The van der Waals surface area contributed by atoms with Crippen molar-refractivity contribution < 1.29 is 14.7 Å². The molecule has 0 aliphatic heterocycles. The number of carbonyl (C=O) groups is 2. The molecule has 1 aliphatic carbocycles. The van der Waals surface area contributed by atoms with Gasteiger partial charge >= 0.3 is 12.0 Å². The number of carboxylic acid groups (broad SMARTS) is 1. The fourth-order valence-corrected chi connectivity index (χ4v) is 2.66. The van der Waals surface area contributed by atoms with Crippen LogP contribution in [0.1, 0.15) is 24.8 Å². The van der Waals surface area contributed by atoms with Gasteiger partial charge in [-0.05, 0) is 59.3 Å². The third kappa shape index (κ3) is 4.23. The molecule has 1 aromatic carbocycles. The molecule has 20 heavy (non-hydrogen) atoms. The van der Waals surface area contributed by atoms with Crippen LogP contribution >= 0.6 is 15.9 Å². The van der Waals surface area contributed by atoms with E-state index in [9.17, 15) is 9.59 Å². The molecule has 0 saturated heterocycles. The Morgan fingerprint density at radius 2 is 2.15 bits per heavy atom. The van der Waals surface area contributed by atoms with Crippen molar-refractivity contribution in [1.82, 2.24) is 5.32 Å². The van der Waals surface area contributed by atoms with Gasteiger partial charge in [0.2, 0.25) is 0 Å². The van der Waals surface area contributed by atoms with Gasteiger partial charge in [0.05, 0.1) is 12.1 Å². The fraction of sp³-hybridized carbons (Fsp3) is 0.429. The molecule has 2 amide bonds. The summed E-state index contributed by atoms with van der Waals surface area (Å²) in [6.07, 6.45) is 1.92. The lowest BCUT2D eigenvalue weighted by Crippen LogP contribution is -2.40. The first kappa shape index (κ1) is 14.8. The van der Waals surface area contributed by atoms with Crippen LogP contribution in [0.5, 0.6) is 0 Å². The van der Waals surface area contributed by atoms with E-state index in [1.807, 2.05) is 25.1 Å². The number of anilines is 1. The van der Waals surface area contributed by atoms with Gasteiger partial charge in [-0.3, -0.25) is 4.79 Å². The zero-order chi connectivity index (χ0) is 14.7. The minimum atomic E-state index is -0.890. The molecular formula is C14H17BrN2O3. The monoisotopic (exact) mass is 340 g/mol. The Morgan fingerprint density at radius 3 is 2.70 bits per heavy atom. The molecule has 1 aromatic rings. The summed E-state index contributed by atoms with van der Waals surface area (Å²) in [6.45, 7) is 1.96. The number of aliphatic carboxylic acids is 1. The zero-order valence-corrected chi connectivity index (χ0v) is 12.7. The lowest BCUT2D eigenvalue weighted by Gasteiger charge is -2.17. The van der Waals surface area contributed by atoms with Gasteiger partial charge in [0.25, 0.3) is 0 Å². The third-order valence-corrected chi connectivity index (χ3v) is 3.93. The molecule has 0 bridgehead atoms. The molecule has 1 unspecified atom stereocenters. The predicted octanol–water partition coefficient (Wildman–Crippen LogP) is 3.13. The highest BCUT2D eigenvalue weighted by atomic mass is 79.9. The molecule has 108 valence electrons. The maximum absolute atomic E-state index is 11.9. The number of benzene rings is 1. The number of nitrogens with one attached hydrogen (secondary N) is 2. The SMILES string of the molecule is Cc1ccc(NC(=O)NC(CC(=O)O)C2CC2)c(Br)c1. The van der Waals surface area contributed by atoms with Crippen molar-refractivity contribution >= 4 is 33.6 Å². The third-order valence-electron chi connectivity index (χ3n) is 3.27.